The van der Waals surface area contributed by atoms with Crippen molar-refractivity contribution in [1.29, 1.82) is 0 Å². The van der Waals surface area contributed by atoms with E-state index in [2.05, 4.69) is 57.0 Å². The van der Waals surface area contributed by atoms with E-state index in [4.69, 9.17) is 4.52 Å². The lowest BCUT2D eigenvalue weighted by atomic mass is 10.1. The molecule has 0 aliphatic heterocycles. The van der Waals surface area contributed by atoms with Crippen molar-refractivity contribution in [3.63, 3.8) is 0 Å². The number of hydrogen-bond donors (Lipinski definition) is 2. The molecule has 0 radical (unpaired) electrons. The number of halogens is 1. The smallest absolute Gasteiger partial charge is 0.223 e. The predicted molar refractivity (Wildman–Crippen MR) is 97.3 cm³/mol. The van der Waals surface area contributed by atoms with E-state index >= 15 is 0 Å². The van der Waals surface area contributed by atoms with Crippen molar-refractivity contribution in [2.24, 2.45) is 4.99 Å². The lowest BCUT2D eigenvalue weighted by Crippen LogP contribution is -2.37. The maximum absolute atomic E-state index is 4.94. The number of rotatable bonds is 5. The second-order valence-corrected chi connectivity index (χ2v) is 4.76. The van der Waals surface area contributed by atoms with Crippen LogP contribution in [0.2, 0.25) is 0 Å². The molecule has 6 nitrogen and oxygen atoms in total. The number of nitrogens with zero attached hydrogens (tertiary/aromatic N) is 3. The van der Waals surface area contributed by atoms with Gasteiger partial charge in [0.15, 0.2) is 11.8 Å². The fraction of sp³-hybridized carbons (Fsp3) is 0.400. The Bertz CT molecular complexity index is 594. The van der Waals surface area contributed by atoms with Crippen LogP contribution in [0, 0.1) is 13.8 Å². The zero-order chi connectivity index (χ0) is 15.1. The summed E-state index contributed by atoms with van der Waals surface area (Å²) in [6.07, 6.45) is 0. The van der Waals surface area contributed by atoms with E-state index in [1.54, 1.807) is 6.92 Å². The monoisotopic (exact) mass is 415 g/mol. The first-order valence-corrected chi connectivity index (χ1v) is 7.04. The maximum Gasteiger partial charge on any atom is 0.223 e. The first-order valence-electron chi connectivity index (χ1n) is 7.04. The summed E-state index contributed by atoms with van der Waals surface area (Å²) in [5.74, 6) is 1.92. The minimum atomic E-state index is 0. The molecule has 2 aromatic rings. The van der Waals surface area contributed by atoms with Gasteiger partial charge in [-0.2, -0.15) is 4.98 Å². The van der Waals surface area contributed by atoms with Crippen LogP contribution < -0.4 is 10.6 Å². The Morgan fingerprint density at radius 1 is 1.18 bits per heavy atom. The largest absolute Gasteiger partial charge is 0.357 e. The Kier molecular flexibility index (Phi) is 7.86. The molecule has 2 rings (SSSR count). The standard InChI is InChI=1S/C15H21N5O.HI/c1-4-16-15(18-10-14-19-12(3)21-20-14)17-9-13-7-5-11(2)6-8-13;/h5-8H,4,9-10H2,1-3H3,(H2,16,17,18);1H. The normalized spacial score (nSPS) is 11.0. The Labute approximate surface area is 147 Å². The summed E-state index contributed by atoms with van der Waals surface area (Å²) in [5.41, 5.74) is 2.42. The summed E-state index contributed by atoms with van der Waals surface area (Å²) in [6.45, 7) is 7.78. The Morgan fingerprint density at radius 2 is 1.91 bits per heavy atom. The van der Waals surface area contributed by atoms with Gasteiger partial charge in [-0.15, -0.1) is 24.0 Å². The summed E-state index contributed by atoms with van der Waals surface area (Å²) in [6, 6.07) is 8.36. The number of nitrogens with one attached hydrogen (secondary N) is 2. The van der Waals surface area contributed by atoms with E-state index in [9.17, 15) is 0 Å². The number of benzene rings is 1. The summed E-state index contributed by atoms with van der Waals surface area (Å²) in [4.78, 5) is 8.69. The molecule has 1 heterocycles. The Balaban J connectivity index is 0.00000242. The third kappa shape index (κ3) is 6.00. The summed E-state index contributed by atoms with van der Waals surface area (Å²) in [5, 5.41) is 10.2. The van der Waals surface area contributed by atoms with E-state index in [1.165, 1.54) is 11.1 Å². The van der Waals surface area contributed by atoms with Gasteiger partial charge in [-0.05, 0) is 19.4 Å². The van der Waals surface area contributed by atoms with Gasteiger partial charge in [0.2, 0.25) is 5.89 Å². The van der Waals surface area contributed by atoms with E-state index < -0.39 is 0 Å². The molecule has 0 spiro atoms. The van der Waals surface area contributed by atoms with Gasteiger partial charge in [-0.25, -0.2) is 4.99 Å². The topological polar surface area (TPSA) is 75.3 Å². The van der Waals surface area contributed by atoms with Gasteiger partial charge in [0.1, 0.15) is 0 Å². The summed E-state index contributed by atoms with van der Waals surface area (Å²) >= 11 is 0. The minimum Gasteiger partial charge on any atom is -0.357 e. The third-order valence-corrected chi connectivity index (χ3v) is 2.87. The van der Waals surface area contributed by atoms with Crippen LogP contribution in [-0.4, -0.2) is 22.6 Å². The molecule has 1 aromatic carbocycles. The molecule has 0 aliphatic rings. The van der Waals surface area contributed by atoms with Crippen molar-refractivity contribution in [2.45, 2.75) is 33.9 Å². The zero-order valence-corrected chi connectivity index (χ0v) is 15.4. The predicted octanol–water partition coefficient (Wildman–Crippen LogP) is 2.56. The second-order valence-electron chi connectivity index (χ2n) is 4.76. The molecule has 0 saturated carbocycles. The molecule has 0 saturated heterocycles. The lowest BCUT2D eigenvalue weighted by Gasteiger charge is -2.09. The second kappa shape index (κ2) is 9.39. The molecule has 0 amide bonds. The van der Waals surface area contributed by atoms with Crippen molar-refractivity contribution in [1.82, 2.24) is 20.8 Å². The van der Waals surface area contributed by atoms with Crippen LogP contribution in [0.15, 0.2) is 33.8 Å². The van der Waals surface area contributed by atoms with Gasteiger partial charge in [-0.3, -0.25) is 0 Å². The maximum atomic E-state index is 4.94. The molecule has 0 aliphatic carbocycles. The van der Waals surface area contributed by atoms with Crippen LogP contribution in [-0.2, 0) is 13.1 Å². The number of aryl methyl sites for hydroxylation is 2. The summed E-state index contributed by atoms with van der Waals surface area (Å²) < 4.78 is 4.94. The van der Waals surface area contributed by atoms with Crippen molar-refractivity contribution in [3.8, 4) is 0 Å². The Hall–Kier alpha value is -1.64. The van der Waals surface area contributed by atoms with Gasteiger partial charge < -0.3 is 15.2 Å². The molecule has 120 valence electrons. The molecule has 2 N–H and O–H groups in total. The average molecular weight is 415 g/mol. The highest BCUT2D eigenvalue weighted by Crippen LogP contribution is 2.04. The van der Waals surface area contributed by atoms with Crippen molar-refractivity contribution < 1.29 is 4.52 Å². The average Bonchev–Trinajstić information content (AvgIpc) is 2.89. The quantitative estimate of drug-likeness (QED) is 0.446. The van der Waals surface area contributed by atoms with Gasteiger partial charge >= 0.3 is 0 Å². The molecule has 1 aromatic heterocycles. The molecule has 7 heteroatoms. The minimum absolute atomic E-state index is 0. The van der Waals surface area contributed by atoms with Crippen LogP contribution in [0.25, 0.3) is 0 Å². The number of hydrogen-bond acceptors (Lipinski definition) is 4. The van der Waals surface area contributed by atoms with E-state index in [1.807, 2.05) is 6.92 Å². The van der Waals surface area contributed by atoms with E-state index in [-0.39, 0.29) is 24.0 Å². The molecule has 0 unspecified atom stereocenters. The van der Waals surface area contributed by atoms with Gasteiger partial charge in [0, 0.05) is 13.5 Å². The molecule has 0 atom stereocenters. The fourth-order valence-corrected chi connectivity index (χ4v) is 1.78. The molecule has 22 heavy (non-hydrogen) atoms. The first kappa shape index (κ1) is 18.4. The molecular weight excluding hydrogens is 393 g/mol. The van der Waals surface area contributed by atoms with Crippen molar-refractivity contribution in [3.05, 3.63) is 47.1 Å². The van der Waals surface area contributed by atoms with Crippen LogP contribution in [0.1, 0.15) is 29.8 Å². The zero-order valence-electron chi connectivity index (χ0n) is 13.1. The van der Waals surface area contributed by atoms with Gasteiger partial charge in [-0.1, -0.05) is 35.0 Å². The van der Waals surface area contributed by atoms with Crippen LogP contribution >= 0.6 is 24.0 Å². The van der Waals surface area contributed by atoms with Crippen molar-refractivity contribution in [2.75, 3.05) is 6.54 Å². The van der Waals surface area contributed by atoms with E-state index in [0.29, 0.717) is 24.8 Å². The number of guanidine groups is 1. The highest BCUT2D eigenvalue weighted by molar-refractivity contribution is 14.0. The molecule has 0 bridgehead atoms. The number of aliphatic imine (C=N–C) groups is 1. The molecular formula is C15H22IN5O. The van der Waals surface area contributed by atoms with E-state index in [0.717, 1.165) is 12.5 Å². The summed E-state index contributed by atoms with van der Waals surface area (Å²) in [7, 11) is 0. The van der Waals surface area contributed by atoms with Gasteiger partial charge in [0.05, 0.1) is 13.1 Å². The van der Waals surface area contributed by atoms with Crippen LogP contribution in [0.4, 0.5) is 0 Å². The van der Waals surface area contributed by atoms with Crippen LogP contribution in [0.3, 0.4) is 0 Å². The van der Waals surface area contributed by atoms with Gasteiger partial charge in [0.25, 0.3) is 0 Å². The fourth-order valence-electron chi connectivity index (χ4n) is 1.78. The first-order chi connectivity index (χ1) is 10.2. The SMILES string of the molecule is CCNC(=NCc1ccc(C)cc1)NCc1noc(C)n1.I. The van der Waals surface area contributed by atoms with Crippen LogP contribution in [0.5, 0.6) is 0 Å². The van der Waals surface area contributed by atoms with Crippen molar-refractivity contribution >= 4 is 29.9 Å². The molecule has 0 fully saturated rings. The Morgan fingerprint density at radius 3 is 2.50 bits per heavy atom. The third-order valence-electron chi connectivity index (χ3n) is 2.87. The highest BCUT2D eigenvalue weighted by atomic mass is 127. The lowest BCUT2D eigenvalue weighted by molar-refractivity contribution is 0.387. The number of aromatic nitrogens is 2. The highest BCUT2D eigenvalue weighted by Gasteiger charge is 2.03.